The van der Waals surface area contributed by atoms with Gasteiger partial charge in [-0.2, -0.15) is 0 Å². The highest BCUT2D eigenvalue weighted by atomic mass is 127. The number of nitrogens with two attached hydrogens (primary N) is 1. The van der Waals surface area contributed by atoms with E-state index in [0.717, 1.165) is 11.4 Å². The van der Waals surface area contributed by atoms with Gasteiger partial charge in [0.2, 0.25) is 0 Å². The van der Waals surface area contributed by atoms with Crippen LogP contribution in [0.25, 0.3) is 0 Å². The fourth-order valence-electron chi connectivity index (χ4n) is 1.60. The molecule has 0 aliphatic rings. The third-order valence-electron chi connectivity index (χ3n) is 2.43. The fraction of sp³-hybridized carbons (Fsp3) is 0.143. The largest absolute Gasteiger partial charge is 0.399 e. The Bertz CT molecular complexity index is 525. The maximum atomic E-state index is 5.74. The Hall–Kier alpha value is -0.680. The molecular formula is C14H14INS. The van der Waals surface area contributed by atoms with Crippen molar-refractivity contribution in [2.24, 2.45) is 0 Å². The molecule has 0 bridgehead atoms. The molecule has 0 spiro atoms. The first-order valence-corrected chi connectivity index (χ1v) is 7.45. The Labute approximate surface area is 120 Å². The molecule has 2 aromatic rings. The van der Waals surface area contributed by atoms with Crippen LogP contribution < -0.4 is 5.73 Å². The predicted molar refractivity (Wildman–Crippen MR) is 84.3 cm³/mol. The summed E-state index contributed by atoms with van der Waals surface area (Å²) in [5.74, 6) is 1.00. The van der Waals surface area contributed by atoms with Crippen LogP contribution in [-0.2, 0) is 5.75 Å². The number of hydrogen-bond donors (Lipinski definition) is 1. The molecule has 0 heterocycles. The average molecular weight is 355 g/mol. The number of hydrogen-bond acceptors (Lipinski definition) is 2. The van der Waals surface area contributed by atoms with E-state index in [-0.39, 0.29) is 0 Å². The van der Waals surface area contributed by atoms with E-state index in [1.807, 2.05) is 23.9 Å². The summed E-state index contributed by atoms with van der Waals surface area (Å²) in [6, 6.07) is 14.7. The standard InChI is InChI=1S/C14H14INS/c1-10-3-2-4-11(7-10)9-17-14-6-5-12(16)8-13(14)15/h2-8H,9,16H2,1H3. The van der Waals surface area contributed by atoms with Gasteiger partial charge in [-0.15, -0.1) is 11.8 Å². The van der Waals surface area contributed by atoms with Crippen molar-refractivity contribution in [3.05, 3.63) is 57.2 Å². The minimum Gasteiger partial charge on any atom is -0.399 e. The van der Waals surface area contributed by atoms with Crippen molar-refractivity contribution < 1.29 is 0 Å². The number of thioether (sulfide) groups is 1. The summed E-state index contributed by atoms with van der Waals surface area (Å²) < 4.78 is 1.22. The van der Waals surface area contributed by atoms with Gasteiger partial charge in [-0.1, -0.05) is 29.8 Å². The second kappa shape index (κ2) is 5.78. The highest BCUT2D eigenvalue weighted by Gasteiger charge is 2.02. The Morgan fingerprint density at radius 3 is 2.71 bits per heavy atom. The monoisotopic (exact) mass is 355 g/mol. The molecule has 2 N–H and O–H groups in total. The number of aryl methyl sites for hydroxylation is 1. The summed E-state index contributed by atoms with van der Waals surface area (Å²) >= 11 is 4.19. The first-order valence-electron chi connectivity index (χ1n) is 5.38. The molecule has 2 aromatic carbocycles. The summed E-state index contributed by atoms with van der Waals surface area (Å²) in [5, 5.41) is 0. The molecule has 0 saturated carbocycles. The third-order valence-corrected chi connectivity index (χ3v) is 4.84. The summed E-state index contributed by atoms with van der Waals surface area (Å²) in [6.07, 6.45) is 0. The molecular weight excluding hydrogens is 341 g/mol. The SMILES string of the molecule is Cc1cccc(CSc2ccc(N)cc2I)c1. The van der Waals surface area contributed by atoms with Gasteiger partial charge in [0.15, 0.2) is 0 Å². The molecule has 0 aliphatic carbocycles. The minimum atomic E-state index is 0.828. The van der Waals surface area contributed by atoms with Crippen LogP contribution in [0.3, 0.4) is 0 Å². The van der Waals surface area contributed by atoms with Crippen LogP contribution in [0.1, 0.15) is 11.1 Å². The lowest BCUT2D eigenvalue weighted by Crippen LogP contribution is -1.88. The molecule has 17 heavy (non-hydrogen) atoms. The zero-order chi connectivity index (χ0) is 12.3. The van der Waals surface area contributed by atoms with Gasteiger partial charge in [0.25, 0.3) is 0 Å². The predicted octanol–water partition coefficient (Wildman–Crippen LogP) is 4.47. The second-order valence-corrected chi connectivity index (χ2v) is 6.15. The summed E-state index contributed by atoms with van der Waals surface area (Å²) in [5.41, 5.74) is 9.25. The van der Waals surface area contributed by atoms with Crippen LogP contribution in [0.15, 0.2) is 47.4 Å². The molecule has 0 amide bonds. The first kappa shape index (κ1) is 12.8. The molecule has 0 atom stereocenters. The molecule has 0 radical (unpaired) electrons. The van der Waals surface area contributed by atoms with Gasteiger partial charge in [0.1, 0.15) is 0 Å². The number of anilines is 1. The van der Waals surface area contributed by atoms with Crippen molar-refractivity contribution in [3.63, 3.8) is 0 Å². The molecule has 3 heteroatoms. The highest BCUT2D eigenvalue weighted by molar-refractivity contribution is 14.1. The molecule has 0 aromatic heterocycles. The zero-order valence-electron chi connectivity index (χ0n) is 9.61. The van der Waals surface area contributed by atoms with E-state index >= 15 is 0 Å². The van der Waals surface area contributed by atoms with Gasteiger partial charge >= 0.3 is 0 Å². The van der Waals surface area contributed by atoms with Gasteiger partial charge < -0.3 is 5.73 Å². The van der Waals surface area contributed by atoms with Crippen molar-refractivity contribution in [1.82, 2.24) is 0 Å². The third kappa shape index (κ3) is 3.64. The number of halogens is 1. The van der Waals surface area contributed by atoms with Crippen molar-refractivity contribution in [1.29, 1.82) is 0 Å². The number of rotatable bonds is 3. The molecule has 0 saturated heterocycles. The van der Waals surface area contributed by atoms with Crippen molar-refractivity contribution in [2.75, 3.05) is 5.73 Å². The maximum absolute atomic E-state index is 5.74. The van der Waals surface area contributed by atoms with Crippen LogP contribution in [0.5, 0.6) is 0 Å². The van der Waals surface area contributed by atoms with E-state index in [9.17, 15) is 0 Å². The number of nitrogen functional groups attached to an aromatic ring is 1. The van der Waals surface area contributed by atoms with Gasteiger partial charge in [-0.25, -0.2) is 0 Å². The van der Waals surface area contributed by atoms with Gasteiger partial charge in [-0.3, -0.25) is 0 Å². The van der Waals surface area contributed by atoms with Crippen molar-refractivity contribution in [3.8, 4) is 0 Å². The van der Waals surface area contributed by atoms with Crippen LogP contribution in [0.2, 0.25) is 0 Å². The number of benzene rings is 2. The Morgan fingerprint density at radius 1 is 1.18 bits per heavy atom. The van der Waals surface area contributed by atoms with Crippen LogP contribution in [0.4, 0.5) is 5.69 Å². The Morgan fingerprint density at radius 2 is 2.00 bits per heavy atom. The van der Waals surface area contributed by atoms with Crippen molar-refractivity contribution >= 4 is 40.0 Å². The van der Waals surface area contributed by atoms with E-state index in [4.69, 9.17) is 5.73 Å². The molecule has 2 rings (SSSR count). The van der Waals surface area contributed by atoms with Gasteiger partial charge in [0, 0.05) is 19.9 Å². The van der Waals surface area contributed by atoms with E-state index in [2.05, 4.69) is 59.8 Å². The zero-order valence-corrected chi connectivity index (χ0v) is 12.6. The quantitative estimate of drug-likeness (QED) is 0.499. The van der Waals surface area contributed by atoms with Crippen molar-refractivity contribution in [2.45, 2.75) is 17.6 Å². The van der Waals surface area contributed by atoms with Crippen LogP contribution in [0, 0.1) is 10.5 Å². The Balaban J connectivity index is 2.07. The average Bonchev–Trinajstić information content (AvgIpc) is 2.28. The van der Waals surface area contributed by atoms with E-state index in [1.54, 1.807) is 0 Å². The topological polar surface area (TPSA) is 26.0 Å². The smallest absolute Gasteiger partial charge is 0.0325 e. The summed E-state index contributed by atoms with van der Waals surface area (Å²) in [7, 11) is 0. The van der Waals surface area contributed by atoms with E-state index in [0.29, 0.717) is 0 Å². The summed E-state index contributed by atoms with van der Waals surface area (Å²) in [4.78, 5) is 1.29. The molecule has 88 valence electrons. The maximum Gasteiger partial charge on any atom is 0.0325 e. The first-order chi connectivity index (χ1) is 8.15. The lowest BCUT2D eigenvalue weighted by Gasteiger charge is -2.06. The van der Waals surface area contributed by atoms with E-state index < -0.39 is 0 Å². The highest BCUT2D eigenvalue weighted by Crippen LogP contribution is 2.28. The van der Waals surface area contributed by atoms with Crippen LogP contribution in [-0.4, -0.2) is 0 Å². The minimum absolute atomic E-state index is 0.828. The normalized spacial score (nSPS) is 10.5. The van der Waals surface area contributed by atoms with Gasteiger partial charge in [0.05, 0.1) is 0 Å². The molecule has 0 aliphatic heterocycles. The van der Waals surface area contributed by atoms with Crippen LogP contribution >= 0.6 is 34.4 Å². The lowest BCUT2D eigenvalue weighted by molar-refractivity contribution is 1.33. The molecule has 0 fully saturated rings. The lowest BCUT2D eigenvalue weighted by atomic mass is 10.2. The van der Waals surface area contributed by atoms with Gasteiger partial charge in [-0.05, 0) is 53.3 Å². The second-order valence-electron chi connectivity index (χ2n) is 3.97. The Kier molecular flexibility index (Phi) is 4.34. The fourth-order valence-corrected chi connectivity index (χ4v) is 3.47. The molecule has 0 unspecified atom stereocenters. The molecule has 1 nitrogen and oxygen atoms in total. The van der Waals surface area contributed by atoms with E-state index in [1.165, 1.54) is 19.6 Å². The summed E-state index contributed by atoms with van der Waals surface area (Å²) in [6.45, 7) is 2.13.